The standard InChI is InChI=1S/C51H100O5/c1-4-7-10-13-15-17-19-21-23-25-27-29-31-33-35-37-40-43-46-54-47-49(56-51(53)45-42-38-12-9-6-3)48-55-50(52)44-41-39-36-34-32-30-28-26-24-22-20-18-16-14-11-8-5-2/h49H,4-48H2,1-3H3. The van der Waals surface area contributed by atoms with E-state index in [1.807, 2.05) is 0 Å². The number of carbonyl (C=O) groups is 2. The van der Waals surface area contributed by atoms with Gasteiger partial charge in [0.15, 0.2) is 6.10 Å². The molecule has 5 nitrogen and oxygen atoms in total. The fourth-order valence-electron chi connectivity index (χ4n) is 7.81. The Bertz CT molecular complexity index is 769. The first-order valence-electron chi connectivity index (χ1n) is 25.6. The maximum Gasteiger partial charge on any atom is 0.306 e. The highest BCUT2D eigenvalue weighted by Crippen LogP contribution is 2.17. The number of ether oxygens (including phenoxy) is 3. The van der Waals surface area contributed by atoms with Gasteiger partial charge in [-0.1, -0.05) is 258 Å². The zero-order chi connectivity index (χ0) is 40.7. The lowest BCUT2D eigenvalue weighted by Gasteiger charge is -2.18. The maximum absolute atomic E-state index is 12.6. The maximum atomic E-state index is 12.6. The third-order valence-corrected chi connectivity index (χ3v) is 11.6. The van der Waals surface area contributed by atoms with E-state index in [-0.39, 0.29) is 18.5 Å². The number of rotatable bonds is 48. The monoisotopic (exact) mass is 793 g/mol. The third-order valence-electron chi connectivity index (χ3n) is 11.6. The second kappa shape index (κ2) is 48.3. The summed E-state index contributed by atoms with van der Waals surface area (Å²) in [5.74, 6) is -0.387. The van der Waals surface area contributed by atoms with Crippen LogP contribution in [0.2, 0.25) is 0 Å². The van der Waals surface area contributed by atoms with Crippen LogP contribution in [-0.2, 0) is 23.8 Å². The van der Waals surface area contributed by atoms with Crippen LogP contribution in [0.15, 0.2) is 0 Å². The fourth-order valence-corrected chi connectivity index (χ4v) is 7.81. The Balaban J connectivity index is 3.93. The van der Waals surface area contributed by atoms with Gasteiger partial charge in [-0.2, -0.15) is 0 Å². The molecule has 0 rings (SSSR count). The molecule has 0 aliphatic carbocycles. The second-order valence-corrected chi connectivity index (χ2v) is 17.5. The molecule has 0 spiro atoms. The average molecular weight is 793 g/mol. The van der Waals surface area contributed by atoms with Gasteiger partial charge in [-0.25, -0.2) is 0 Å². The molecular weight excluding hydrogens is 693 g/mol. The van der Waals surface area contributed by atoms with E-state index >= 15 is 0 Å². The van der Waals surface area contributed by atoms with Crippen LogP contribution in [0.1, 0.15) is 290 Å². The van der Waals surface area contributed by atoms with Crippen LogP contribution in [0.4, 0.5) is 0 Å². The molecule has 0 amide bonds. The second-order valence-electron chi connectivity index (χ2n) is 17.5. The Morgan fingerprint density at radius 2 is 0.589 bits per heavy atom. The van der Waals surface area contributed by atoms with Crippen molar-refractivity contribution in [2.24, 2.45) is 0 Å². The number of unbranched alkanes of at least 4 members (excludes halogenated alkanes) is 37. The highest BCUT2D eigenvalue weighted by atomic mass is 16.6. The molecule has 0 heterocycles. The van der Waals surface area contributed by atoms with Crippen molar-refractivity contribution in [3.8, 4) is 0 Å². The minimum absolute atomic E-state index is 0.0957. The van der Waals surface area contributed by atoms with Gasteiger partial charge in [0.25, 0.3) is 0 Å². The number of hydrogen-bond donors (Lipinski definition) is 0. The van der Waals surface area contributed by atoms with Crippen molar-refractivity contribution in [1.82, 2.24) is 0 Å². The van der Waals surface area contributed by atoms with E-state index in [1.165, 1.54) is 218 Å². The molecule has 1 unspecified atom stereocenters. The Kier molecular flexibility index (Phi) is 47.3. The van der Waals surface area contributed by atoms with E-state index in [0.717, 1.165) is 38.5 Å². The molecule has 0 aliphatic heterocycles. The lowest BCUT2D eigenvalue weighted by molar-refractivity contribution is -0.163. The molecule has 0 saturated carbocycles. The Hall–Kier alpha value is -1.10. The lowest BCUT2D eigenvalue weighted by Crippen LogP contribution is -2.30. The highest BCUT2D eigenvalue weighted by Gasteiger charge is 2.17. The van der Waals surface area contributed by atoms with Crippen molar-refractivity contribution in [1.29, 1.82) is 0 Å². The normalized spacial score (nSPS) is 12.0. The van der Waals surface area contributed by atoms with Crippen LogP contribution in [0.25, 0.3) is 0 Å². The van der Waals surface area contributed by atoms with Crippen molar-refractivity contribution >= 4 is 11.9 Å². The van der Waals surface area contributed by atoms with Crippen molar-refractivity contribution in [2.75, 3.05) is 19.8 Å². The van der Waals surface area contributed by atoms with Gasteiger partial charge in [0, 0.05) is 19.4 Å². The lowest BCUT2D eigenvalue weighted by atomic mass is 10.0. The van der Waals surface area contributed by atoms with Gasteiger partial charge in [0.2, 0.25) is 0 Å². The van der Waals surface area contributed by atoms with Crippen molar-refractivity contribution < 1.29 is 23.8 Å². The van der Waals surface area contributed by atoms with E-state index in [4.69, 9.17) is 14.2 Å². The van der Waals surface area contributed by atoms with Crippen LogP contribution in [0.5, 0.6) is 0 Å². The summed E-state index contributed by atoms with van der Waals surface area (Å²) in [6.45, 7) is 7.83. The van der Waals surface area contributed by atoms with Gasteiger partial charge < -0.3 is 14.2 Å². The summed E-state index contributed by atoms with van der Waals surface area (Å²) in [7, 11) is 0. The van der Waals surface area contributed by atoms with Gasteiger partial charge in [-0.05, 0) is 19.3 Å². The molecule has 0 aliphatic rings. The first kappa shape index (κ1) is 54.9. The van der Waals surface area contributed by atoms with Gasteiger partial charge in [-0.15, -0.1) is 0 Å². The minimum atomic E-state index is -0.520. The average Bonchev–Trinajstić information content (AvgIpc) is 3.20. The molecule has 0 aromatic carbocycles. The van der Waals surface area contributed by atoms with Crippen molar-refractivity contribution in [2.45, 2.75) is 297 Å². The molecule has 0 fully saturated rings. The quantitative estimate of drug-likeness (QED) is 0.0454. The predicted molar refractivity (Wildman–Crippen MR) is 243 cm³/mol. The van der Waals surface area contributed by atoms with Crippen molar-refractivity contribution in [3.63, 3.8) is 0 Å². The van der Waals surface area contributed by atoms with Crippen LogP contribution in [-0.4, -0.2) is 37.9 Å². The first-order chi connectivity index (χ1) is 27.6. The van der Waals surface area contributed by atoms with Crippen LogP contribution >= 0.6 is 0 Å². The Morgan fingerprint density at radius 1 is 0.321 bits per heavy atom. The van der Waals surface area contributed by atoms with E-state index < -0.39 is 6.10 Å². The Morgan fingerprint density at radius 3 is 0.911 bits per heavy atom. The zero-order valence-electron chi connectivity index (χ0n) is 38.4. The van der Waals surface area contributed by atoms with Crippen LogP contribution < -0.4 is 0 Å². The first-order valence-corrected chi connectivity index (χ1v) is 25.6. The molecule has 56 heavy (non-hydrogen) atoms. The van der Waals surface area contributed by atoms with Gasteiger partial charge >= 0.3 is 11.9 Å². The van der Waals surface area contributed by atoms with Gasteiger partial charge in [0.05, 0.1) is 6.61 Å². The number of esters is 2. The molecule has 334 valence electrons. The van der Waals surface area contributed by atoms with Crippen LogP contribution in [0.3, 0.4) is 0 Å². The molecule has 0 aromatic heterocycles. The summed E-state index contributed by atoms with van der Waals surface area (Å²) in [6, 6.07) is 0. The smallest absolute Gasteiger partial charge is 0.306 e. The zero-order valence-corrected chi connectivity index (χ0v) is 38.4. The summed E-state index contributed by atoms with van der Waals surface area (Å²) in [5, 5.41) is 0. The SMILES string of the molecule is CCCCCCCCCCCCCCCCCCCCOCC(COC(=O)CCCCCCCCCCCCCCCCCCC)OC(=O)CCCCCCC. The largest absolute Gasteiger partial charge is 0.462 e. The number of carbonyl (C=O) groups excluding carboxylic acids is 2. The van der Waals surface area contributed by atoms with E-state index in [0.29, 0.717) is 26.1 Å². The summed E-state index contributed by atoms with van der Waals surface area (Å²) >= 11 is 0. The summed E-state index contributed by atoms with van der Waals surface area (Å²) in [5.41, 5.74) is 0. The molecular formula is C51H100O5. The highest BCUT2D eigenvalue weighted by molar-refractivity contribution is 5.70. The topological polar surface area (TPSA) is 61.8 Å². The predicted octanol–water partition coefficient (Wildman–Crippen LogP) is 16.9. The molecule has 1 atom stereocenters. The minimum Gasteiger partial charge on any atom is -0.462 e. The fraction of sp³-hybridized carbons (Fsp3) is 0.961. The summed E-state index contributed by atoms with van der Waals surface area (Å²) < 4.78 is 17.3. The Labute approximate surface area is 351 Å². The molecule has 0 bridgehead atoms. The van der Waals surface area contributed by atoms with E-state index in [9.17, 15) is 9.59 Å². The third kappa shape index (κ3) is 45.6. The molecule has 5 heteroatoms. The van der Waals surface area contributed by atoms with Gasteiger partial charge in [-0.3, -0.25) is 9.59 Å². The molecule has 0 aromatic rings. The number of hydrogen-bond acceptors (Lipinski definition) is 5. The van der Waals surface area contributed by atoms with E-state index in [2.05, 4.69) is 20.8 Å². The van der Waals surface area contributed by atoms with E-state index in [1.54, 1.807) is 0 Å². The van der Waals surface area contributed by atoms with Crippen molar-refractivity contribution in [3.05, 3.63) is 0 Å². The van der Waals surface area contributed by atoms with Crippen LogP contribution in [0, 0.1) is 0 Å². The summed E-state index contributed by atoms with van der Waals surface area (Å²) in [6.07, 6.45) is 52.9. The van der Waals surface area contributed by atoms with Gasteiger partial charge in [0.1, 0.15) is 6.61 Å². The molecule has 0 N–H and O–H groups in total. The molecule has 0 saturated heterocycles. The molecule has 0 radical (unpaired) electrons. The summed E-state index contributed by atoms with van der Waals surface area (Å²) in [4.78, 5) is 25.1.